The first kappa shape index (κ1) is 41.6. The molecule has 12 nitrogen and oxygen atoms in total. The number of methoxy groups -OCH3 is 2. The number of nitrogens with zero attached hydrogens (tertiary/aromatic N) is 3. The average Bonchev–Trinajstić information content (AvgIpc) is 4.01. The number of esters is 1. The van der Waals surface area contributed by atoms with Crippen molar-refractivity contribution >= 4 is 45.8 Å². The third-order valence-corrected chi connectivity index (χ3v) is 12.7. The Bertz CT molecular complexity index is 2380. The minimum absolute atomic E-state index is 0.0333. The van der Waals surface area contributed by atoms with E-state index in [4.69, 9.17) is 19.4 Å². The lowest BCUT2D eigenvalue weighted by Crippen LogP contribution is -2.51. The van der Waals surface area contributed by atoms with Gasteiger partial charge in [-0.05, 0) is 102 Å². The van der Waals surface area contributed by atoms with Crippen LogP contribution in [0.1, 0.15) is 96.4 Å². The smallest absolute Gasteiger partial charge is 0.407 e. The Morgan fingerprint density at radius 3 is 2.05 bits per heavy atom. The fraction of sp³-hybridized carbons (Fsp3) is 0.489. The number of ketones is 1. The number of amides is 2. The first-order valence-corrected chi connectivity index (χ1v) is 21.0. The molecule has 7 rings (SSSR count). The third kappa shape index (κ3) is 8.49. The van der Waals surface area contributed by atoms with E-state index in [1.54, 1.807) is 0 Å². The Hall–Kier alpha value is -5.52. The van der Waals surface area contributed by atoms with E-state index in [2.05, 4.69) is 78.5 Å². The molecule has 312 valence electrons. The molecule has 7 atom stereocenters. The summed E-state index contributed by atoms with van der Waals surface area (Å²) >= 11 is 0. The van der Waals surface area contributed by atoms with Crippen LogP contribution < -0.4 is 5.32 Å². The second-order valence-electron chi connectivity index (χ2n) is 17.8. The zero-order chi connectivity index (χ0) is 42.3. The number of hydrogen-bond donors (Lipinski definition) is 3. The predicted octanol–water partition coefficient (Wildman–Crippen LogP) is 8.91. The summed E-state index contributed by atoms with van der Waals surface area (Å²) in [5.74, 6) is 1.17. The number of Topliss-reactive ketones (excluding diaryl/α,β-unsaturated/α-hetero) is 1. The van der Waals surface area contributed by atoms with Gasteiger partial charge in [0.1, 0.15) is 23.5 Å². The summed E-state index contributed by atoms with van der Waals surface area (Å²) in [7, 11) is 2.67. The van der Waals surface area contributed by atoms with Gasteiger partial charge in [0.15, 0.2) is 0 Å². The lowest BCUT2D eigenvalue weighted by atomic mass is 9.78. The summed E-state index contributed by atoms with van der Waals surface area (Å²) in [6, 6.07) is 18.1. The molecule has 2 aromatic heterocycles. The van der Waals surface area contributed by atoms with Crippen LogP contribution in [0.4, 0.5) is 4.79 Å². The zero-order valence-corrected chi connectivity index (χ0v) is 35.7. The summed E-state index contributed by atoms with van der Waals surface area (Å²) in [6.45, 7) is 14.8. The van der Waals surface area contributed by atoms with Crippen LogP contribution in [0.5, 0.6) is 0 Å². The highest BCUT2D eigenvalue weighted by Crippen LogP contribution is 2.45. The van der Waals surface area contributed by atoms with Crippen LogP contribution >= 0.6 is 0 Å². The molecular weight excluding hydrogens is 745 g/mol. The van der Waals surface area contributed by atoms with Gasteiger partial charge in [-0.1, -0.05) is 71.9 Å². The van der Waals surface area contributed by atoms with Crippen LogP contribution in [-0.4, -0.2) is 75.4 Å². The number of benzene rings is 3. The third-order valence-electron chi connectivity index (χ3n) is 12.7. The van der Waals surface area contributed by atoms with E-state index in [9.17, 15) is 19.2 Å². The maximum atomic E-state index is 13.9. The summed E-state index contributed by atoms with van der Waals surface area (Å²) in [4.78, 5) is 71.0. The van der Waals surface area contributed by atoms with Gasteiger partial charge in [0.2, 0.25) is 5.91 Å². The van der Waals surface area contributed by atoms with Crippen molar-refractivity contribution in [3.05, 3.63) is 71.8 Å². The van der Waals surface area contributed by atoms with Gasteiger partial charge in [-0.3, -0.25) is 14.4 Å². The molecule has 1 aliphatic carbocycles. The molecule has 1 aliphatic heterocycles. The van der Waals surface area contributed by atoms with Crippen molar-refractivity contribution in [3.8, 4) is 22.3 Å². The van der Waals surface area contributed by atoms with Crippen LogP contribution in [0.3, 0.4) is 0 Å². The number of ether oxygens (including phenoxy) is 2. The molecule has 1 saturated carbocycles. The number of carbonyl (C=O) groups excluding carboxylic acids is 4. The molecule has 3 N–H and O–H groups in total. The van der Waals surface area contributed by atoms with Crippen molar-refractivity contribution in [1.82, 2.24) is 30.2 Å². The van der Waals surface area contributed by atoms with Gasteiger partial charge in [0, 0.05) is 24.3 Å². The van der Waals surface area contributed by atoms with E-state index in [1.807, 2.05) is 44.7 Å². The normalized spacial score (nSPS) is 21.7. The maximum Gasteiger partial charge on any atom is 0.407 e. The van der Waals surface area contributed by atoms with E-state index < -0.39 is 12.1 Å². The van der Waals surface area contributed by atoms with Gasteiger partial charge in [0.05, 0.1) is 48.7 Å². The minimum atomic E-state index is -0.703. The molecule has 0 bridgehead atoms. The Morgan fingerprint density at radius 2 is 1.41 bits per heavy atom. The molecule has 2 fully saturated rings. The molecule has 12 heteroatoms. The fourth-order valence-corrected chi connectivity index (χ4v) is 9.44. The lowest BCUT2D eigenvalue weighted by Gasteiger charge is -2.30. The van der Waals surface area contributed by atoms with Crippen LogP contribution in [0, 0.1) is 42.4 Å². The number of hydrogen-bond acceptors (Lipinski definition) is 8. The SMILES string of the molecule is COC(=O)C[C@H](C(=O)C1C[C@H](C)C[C@H]1c1nc2ccc(-c3ccc(-c4ccc5nc([C@@H]6C[C@@H](C)CN6C(=O)[C@@H](NC(=O)OC)C(C)C)[nH]c5c4)c(C)c3)cc2[nH]1)C(C)C. The summed E-state index contributed by atoms with van der Waals surface area (Å²) in [5.41, 5.74) is 8.95. The number of aromatic amines is 2. The van der Waals surface area contributed by atoms with Gasteiger partial charge in [-0.25, -0.2) is 14.8 Å². The van der Waals surface area contributed by atoms with Gasteiger partial charge in [0.25, 0.3) is 0 Å². The number of carbonyl (C=O) groups is 4. The molecule has 1 saturated heterocycles. The molecule has 3 aromatic carbocycles. The second kappa shape index (κ2) is 17.0. The second-order valence-corrected chi connectivity index (χ2v) is 17.8. The average molecular weight is 803 g/mol. The van der Waals surface area contributed by atoms with Gasteiger partial charge in [-0.2, -0.15) is 0 Å². The quantitative estimate of drug-likeness (QED) is 0.106. The van der Waals surface area contributed by atoms with Crippen LogP contribution in [0.2, 0.25) is 0 Å². The maximum absolute atomic E-state index is 13.9. The number of alkyl carbamates (subject to hydrolysis) is 1. The standard InChI is InChI=1S/C47H58N6O6/c1-24(2)33(22-41(54)58-8)43(55)34-16-26(5)17-35(34)44-48-36-14-11-30(20-38(36)50-44)29-10-13-32(28(7)19-29)31-12-15-37-39(21-31)51-45(49-37)40-18-27(6)23-53(40)46(56)42(25(3)4)52-47(57)59-9/h10-15,19-21,24-27,33-35,40,42H,16-18,22-23H2,1-9H3,(H,48,50)(H,49,51)(H,52,57)/t26-,27+,33-,34?,35+,40-,42-/m0/s1. The summed E-state index contributed by atoms with van der Waals surface area (Å²) in [6.07, 6.45) is 1.90. The zero-order valence-electron chi connectivity index (χ0n) is 35.7. The molecular formula is C47H58N6O6. The van der Waals surface area contributed by atoms with Gasteiger partial charge < -0.3 is 29.7 Å². The molecule has 2 aliphatic rings. The van der Waals surface area contributed by atoms with Gasteiger partial charge >= 0.3 is 12.1 Å². The Labute approximate surface area is 346 Å². The number of rotatable bonds is 12. The Morgan fingerprint density at radius 1 is 0.780 bits per heavy atom. The number of nitrogens with one attached hydrogen (secondary N) is 3. The van der Waals surface area contributed by atoms with Crippen molar-refractivity contribution in [2.45, 2.75) is 92.2 Å². The number of H-pyrrole nitrogens is 2. The molecule has 5 aromatic rings. The van der Waals surface area contributed by atoms with Crippen molar-refractivity contribution in [1.29, 1.82) is 0 Å². The Balaban J connectivity index is 1.10. The van der Waals surface area contributed by atoms with Crippen molar-refractivity contribution in [2.75, 3.05) is 20.8 Å². The van der Waals surface area contributed by atoms with E-state index in [-0.39, 0.29) is 65.6 Å². The van der Waals surface area contributed by atoms with E-state index in [1.165, 1.54) is 14.2 Å². The number of imidazole rings is 2. The Kier molecular flexibility index (Phi) is 12.0. The van der Waals surface area contributed by atoms with Crippen LogP contribution in [0.15, 0.2) is 54.6 Å². The van der Waals surface area contributed by atoms with Crippen molar-refractivity contribution < 1.29 is 28.7 Å². The molecule has 2 amide bonds. The first-order chi connectivity index (χ1) is 28.1. The molecule has 0 spiro atoms. The number of aromatic nitrogens is 4. The van der Waals surface area contributed by atoms with Gasteiger partial charge in [-0.15, -0.1) is 0 Å². The highest BCUT2D eigenvalue weighted by atomic mass is 16.5. The predicted molar refractivity (Wildman–Crippen MR) is 228 cm³/mol. The number of fused-ring (bicyclic) bond motifs is 2. The number of likely N-dealkylation sites (tertiary alicyclic amines) is 1. The summed E-state index contributed by atoms with van der Waals surface area (Å²) in [5, 5.41) is 2.73. The van der Waals surface area contributed by atoms with Crippen LogP contribution in [0.25, 0.3) is 44.3 Å². The van der Waals surface area contributed by atoms with Crippen LogP contribution in [-0.2, 0) is 23.9 Å². The van der Waals surface area contributed by atoms with E-state index >= 15 is 0 Å². The highest BCUT2D eigenvalue weighted by molar-refractivity contribution is 5.90. The van der Waals surface area contributed by atoms with Crippen molar-refractivity contribution in [3.63, 3.8) is 0 Å². The molecule has 59 heavy (non-hydrogen) atoms. The molecule has 3 heterocycles. The van der Waals surface area contributed by atoms with E-state index in [0.29, 0.717) is 12.5 Å². The first-order valence-electron chi connectivity index (χ1n) is 21.0. The van der Waals surface area contributed by atoms with Crippen molar-refractivity contribution in [2.24, 2.45) is 35.5 Å². The van der Waals surface area contributed by atoms with E-state index in [0.717, 1.165) is 80.8 Å². The lowest BCUT2D eigenvalue weighted by molar-refractivity contribution is -0.145. The largest absolute Gasteiger partial charge is 0.469 e. The number of aryl methyl sites for hydroxylation is 1. The minimum Gasteiger partial charge on any atom is -0.469 e. The molecule has 0 radical (unpaired) electrons. The topological polar surface area (TPSA) is 159 Å². The molecule has 1 unspecified atom stereocenters. The fourth-order valence-electron chi connectivity index (χ4n) is 9.44. The monoisotopic (exact) mass is 802 g/mol. The summed E-state index contributed by atoms with van der Waals surface area (Å²) < 4.78 is 9.73. The highest BCUT2D eigenvalue weighted by Gasteiger charge is 2.43.